The number of rotatable bonds is 3. The molecule has 3 nitrogen and oxygen atoms in total. The van der Waals surface area contributed by atoms with Gasteiger partial charge in [0.1, 0.15) is 11.1 Å². The Labute approximate surface area is 151 Å². The second-order valence-corrected chi connectivity index (χ2v) is 6.88. The van der Waals surface area contributed by atoms with Crippen LogP contribution in [0.15, 0.2) is 48.5 Å². The third-order valence-electron chi connectivity index (χ3n) is 3.67. The maximum Gasteiger partial charge on any atom is 0.573 e. The Bertz CT molecular complexity index is 784. The van der Waals surface area contributed by atoms with E-state index >= 15 is 0 Å². The van der Waals surface area contributed by atoms with Crippen molar-refractivity contribution in [3.8, 4) is 5.75 Å². The van der Waals surface area contributed by atoms with Gasteiger partial charge in [0.15, 0.2) is 0 Å². The van der Waals surface area contributed by atoms with Crippen molar-refractivity contribution < 1.29 is 22.7 Å². The van der Waals surface area contributed by atoms with E-state index in [9.17, 15) is 18.0 Å². The van der Waals surface area contributed by atoms with Crippen LogP contribution in [0.1, 0.15) is 21.3 Å². The monoisotopic (exact) mass is 387 g/mol. The minimum absolute atomic E-state index is 0.126. The molecular weight excluding hydrogens is 375 g/mol. The quantitative estimate of drug-likeness (QED) is 0.731. The summed E-state index contributed by atoms with van der Waals surface area (Å²) < 4.78 is 41.8. The van der Waals surface area contributed by atoms with Gasteiger partial charge >= 0.3 is 6.36 Å². The Morgan fingerprint density at radius 3 is 2.56 bits per heavy atom. The van der Waals surface area contributed by atoms with Crippen molar-refractivity contribution in [2.24, 2.45) is 0 Å². The van der Waals surface area contributed by atoms with Gasteiger partial charge in [-0.15, -0.1) is 24.9 Å². The molecule has 0 bridgehead atoms. The number of hydrogen-bond donors (Lipinski definition) is 0. The van der Waals surface area contributed by atoms with Crippen LogP contribution in [0.25, 0.3) is 0 Å². The molecule has 1 atom stereocenters. The topological polar surface area (TPSA) is 29.5 Å². The zero-order chi connectivity index (χ0) is 18.0. The van der Waals surface area contributed by atoms with E-state index in [-0.39, 0.29) is 10.9 Å². The van der Waals surface area contributed by atoms with E-state index in [1.165, 1.54) is 34.9 Å². The fourth-order valence-corrected chi connectivity index (χ4v) is 4.22. The van der Waals surface area contributed by atoms with E-state index in [0.717, 1.165) is 11.6 Å². The molecule has 0 saturated carbocycles. The molecule has 25 heavy (non-hydrogen) atoms. The normalized spacial score (nSPS) is 17.6. The van der Waals surface area contributed by atoms with Crippen LogP contribution in [0.2, 0.25) is 5.02 Å². The molecule has 0 N–H and O–H groups in total. The van der Waals surface area contributed by atoms with Gasteiger partial charge in [-0.2, -0.15) is 0 Å². The maximum absolute atomic E-state index is 12.9. The van der Waals surface area contributed by atoms with Crippen molar-refractivity contribution in [1.29, 1.82) is 0 Å². The van der Waals surface area contributed by atoms with E-state index < -0.39 is 18.0 Å². The van der Waals surface area contributed by atoms with Gasteiger partial charge in [-0.25, -0.2) is 0 Å². The number of thioether (sulfide) groups is 1. The van der Waals surface area contributed by atoms with Gasteiger partial charge in [0.05, 0.1) is 5.56 Å². The largest absolute Gasteiger partial charge is 0.573 e. The van der Waals surface area contributed by atoms with E-state index in [0.29, 0.717) is 17.3 Å². The first kappa shape index (κ1) is 17.9. The summed E-state index contributed by atoms with van der Waals surface area (Å²) >= 11 is 7.73. The molecule has 0 spiro atoms. The maximum atomic E-state index is 12.9. The molecule has 8 heteroatoms. The minimum Gasteiger partial charge on any atom is -0.405 e. The van der Waals surface area contributed by atoms with Gasteiger partial charge < -0.3 is 9.64 Å². The molecule has 1 fully saturated rings. The SMILES string of the molecule is O=C(c1ccccc1OC(F)(F)F)N1CCSC1c1ccccc1Cl. The van der Waals surface area contributed by atoms with Crippen LogP contribution in [-0.4, -0.2) is 29.5 Å². The first-order valence-electron chi connectivity index (χ1n) is 7.38. The zero-order valence-corrected chi connectivity index (χ0v) is 14.4. The number of hydrogen-bond acceptors (Lipinski definition) is 3. The Kier molecular flexibility index (Phi) is 5.15. The van der Waals surface area contributed by atoms with Crippen LogP contribution in [0.3, 0.4) is 0 Å². The number of ether oxygens (including phenoxy) is 1. The van der Waals surface area contributed by atoms with Gasteiger partial charge in [0.2, 0.25) is 0 Å². The molecule has 1 amide bonds. The standard InChI is InChI=1S/C17H13ClF3NO2S/c18-13-7-3-1-5-11(13)16-22(9-10-25-16)15(23)12-6-2-4-8-14(12)24-17(19,20)21/h1-8,16H,9-10H2. The van der Waals surface area contributed by atoms with Crippen LogP contribution in [0.4, 0.5) is 13.2 Å². The first-order valence-corrected chi connectivity index (χ1v) is 8.81. The van der Waals surface area contributed by atoms with Gasteiger partial charge in [-0.3, -0.25) is 4.79 Å². The number of halogens is 4. The summed E-state index contributed by atoms with van der Waals surface area (Å²) in [5.74, 6) is -0.353. The molecule has 0 aromatic heterocycles. The smallest absolute Gasteiger partial charge is 0.405 e. The second kappa shape index (κ2) is 7.17. The van der Waals surface area contributed by atoms with Crippen LogP contribution in [0, 0.1) is 0 Å². The summed E-state index contributed by atoms with van der Waals surface area (Å²) in [5, 5.41) is 0.166. The minimum atomic E-state index is -4.86. The molecule has 2 aromatic rings. The van der Waals surface area contributed by atoms with Crippen LogP contribution in [-0.2, 0) is 0 Å². The lowest BCUT2D eigenvalue weighted by molar-refractivity contribution is -0.274. The summed E-state index contributed by atoms with van der Waals surface area (Å²) in [6.07, 6.45) is -4.86. The number of nitrogens with zero attached hydrogens (tertiary/aromatic N) is 1. The van der Waals surface area contributed by atoms with Crippen molar-refractivity contribution in [3.63, 3.8) is 0 Å². The average Bonchev–Trinajstić information content (AvgIpc) is 3.03. The molecule has 0 radical (unpaired) electrons. The number of amides is 1. The molecule has 1 unspecified atom stereocenters. The lowest BCUT2D eigenvalue weighted by Crippen LogP contribution is -2.31. The van der Waals surface area contributed by atoms with E-state index in [4.69, 9.17) is 11.6 Å². The average molecular weight is 388 g/mol. The third-order valence-corrected chi connectivity index (χ3v) is 5.25. The molecule has 1 heterocycles. The predicted molar refractivity (Wildman–Crippen MR) is 90.8 cm³/mol. The predicted octanol–water partition coefficient (Wildman–Crippen LogP) is 5.13. The highest BCUT2D eigenvalue weighted by Crippen LogP contribution is 2.42. The molecule has 0 aliphatic carbocycles. The number of carbonyl (C=O) groups excluding carboxylic acids is 1. The molecular formula is C17H13ClF3NO2S. The highest BCUT2D eigenvalue weighted by Gasteiger charge is 2.36. The molecule has 1 saturated heterocycles. The van der Waals surface area contributed by atoms with Crippen LogP contribution in [0.5, 0.6) is 5.75 Å². The van der Waals surface area contributed by atoms with Crippen molar-refractivity contribution in [2.45, 2.75) is 11.7 Å². The molecule has 132 valence electrons. The third kappa shape index (κ3) is 4.04. The molecule has 1 aliphatic rings. The zero-order valence-electron chi connectivity index (χ0n) is 12.8. The van der Waals surface area contributed by atoms with Gasteiger partial charge in [0.25, 0.3) is 5.91 Å². The fraction of sp³-hybridized carbons (Fsp3) is 0.235. The molecule has 2 aromatic carbocycles. The van der Waals surface area contributed by atoms with Crippen LogP contribution >= 0.6 is 23.4 Å². The lowest BCUT2D eigenvalue weighted by atomic mass is 10.1. The van der Waals surface area contributed by atoms with E-state index in [1.807, 2.05) is 12.1 Å². The number of benzene rings is 2. The van der Waals surface area contributed by atoms with Gasteiger partial charge in [0, 0.05) is 22.9 Å². The summed E-state index contributed by atoms with van der Waals surface area (Å²) in [7, 11) is 0. The van der Waals surface area contributed by atoms with Crippen molar-refractivity contribution in [1.82, 2.24) is 4.90 Å². The molecule has 1 aliphatic heterocycles. The van der Waals surface area contributed by atoms with Crippen molar-refractivity contribution in [3.05, 3.63) is 64.7 Å². The summed E-state index contributed by atoms with van der Waals surface area (Å²) in [6.45, 7) is 0.416. The Hall–Kier alpha value is -1.86. The van der Waals surface area contributed by atoms with Crippen molar-refractivity contribution >= 4 is 29.3 Å². The van der Waals surface area contributed by atoms with Gasteiger partial charge in [-0.1, -0.05) is 41.9 Å². The lowest BCUT2D eigenvalue weighted by Gasteiger charge is -2.25. The fourth-order valence-electron chi connectivity index (χ4n) is 2.62. The second-order valence-electron chi connectivity index (χ2n) is 5.29. The van der Waals surface area contributed by atoms with E-state index in [2.05, 4.69) is 4.74 Å². The highest BCUT2D eigenvalue weighted by molar-refractivity contribution is 7.99. The summed E-state index contributed by atoms with van der Waals surface area (Å²) in [5.41, 5.74) is 0.633. The van der Waals surface area contributed by atoms with E-state index in [1.54, 1.807) is 12.1 Å². The van der Waals surface area contributed by atoms with Crippen molar-refractivity contribution in [2.75, 3.05) is 12.3 Å². The summed E-state index contributed by atoms with van der Waals surface area (Å²) in [4.78, 5) is 14.4. The first-order chi connectivity index (χ1) is 11.9. The van der Waals surface area contributed by atoms with Gasteiger partial charge in [-0.05, 0) is 18.2 Å². The molecule has 3 rings (SSSR count). The highest BCUT2D eigenvalue weighted by atomic mass is 35.5. The Morgan fingerprint density at radius 1 is 1.16 bits per heavy atom. The number of carbonyl (C=O) groups is 1. The summed E-state index contributed by atoms with van der Waals surface area (Å²) in [6, 6.07) is 12.5. The number of para-hydroxylation sites is 1. The number of alkyl halides is 3. The Balaban J connectivity index is 1.92. The Morgan fingerprint density at radius 2 is 1.84 bits per heavy atom. The van der Waals surface area contributed by atoms with Crippen LogP contribution < -0.4 is 4.74 Å².